The van der Waals surface area contributed by atoms with Gasteiger partial charge in [0.15, 0.2) is 5.78 Å². The van der Waals surface area contributed by atoms with Crippen LogP contribution in [0, 0.1) is 5.92 Å². The molecule has 0 rings (SSSR count). The molecule has 94 valence electrons. The lowest BCUT2D eigenvalue weighted by molar-refractivity contribution is -0.118. The minimum atomic E-state index is 0.247. The second-order valence-electron chi connectivity index (χ2n) is 4.52. The number of hydrogen-bond donors (Lipinski definition) is 0. The molecule has 0 saturated carbocycles. The first-order valence-corrected chi connectivity index (χ1v) is 6.96. The fraction of sp³-hybridized carbons (Fsp3) is 0.800. The number of unbranched alkanes of at least 4 members (excludes halogenated alkanes) is 5. The minimum absolute atomic E-state index is 0.247. The van der Waals surface area contributed by atoms with Gasteiger partial charge in [-0.15, -0.1) is 0 Å². The Morgan fingerprint density at radius 2 is 1.62 bits per heavy atom. The number of hydrogen-bond acceptors (Lipinski definition) is 1. The molecular weight excluding hydrogens is 196 g/mol. The second kappa shape index (κ2) is 10.9. The summed E-state index contributed by atoms with van der Waals surface area (Å²) in [5, 5.41) is 0. The average Bonchev–Trinajstić information content (AvgIpc) is 2.29. The van der Waals surface area contributed by atoms with Gasteiger partial charge in [0.2, 0.25) is 0 Å². The molecule has 0 atom stereocenters. The SMILES string of the molecule is CCCCCCC/C=C/C(=O)C(CC)CC. The Kier molecular flexibility index (Phi) is 10.5. The van der Waals surface area contributed by atoms with Crippen LogP contribution in [0.5, 0.6) is 0 Å². The van der Waals surface area contributed by atoms with Crippen molar-refractivity contribution in [2.24, 2.45) is 5.92 Å². The Morgan fingerprint density at radius 1 is 1.00 bits per heavy atom. The van der Waals surface area contributed by atoms with Gasteiger partial charge in [-0.3, -0.25) is 4.79 Å². The normalized spacial score (nSPS) is 11.5. The van der Waals surface area contributed by atoms with E-state index in [2.05, 4.69) is 26.8 Å². The van der Waals surface area contributed by atoms with Crippen molar-refractivity contribution in [1.82, 2.24) is 0 Å². The molecule has 0 heterocycles. The van der Waals surface area contributed by atoms with E-state index in [4.69, 9.17) is 0 Å². The summed E-state index contributed by atoms with van der Waals surface area (Å²) in [7, 11) is 0. The van der Waals surface area contributed by atoms with Crippen LogP contribution in [0.3, 0.4) is 0 Å². The molecule has 0 unspecified atom stereocenters. The smallest absolute Gasteiger partial charge is 0.158 e. The maximum atomic E-state index is 11.7. The van der Waals surface area contributed by atoms with Crippen molar-refractivity contribution in [2.75, 3.05) is 0 Å². The summed E-state index contributed by atoms with van der Waals surface area (Å²) >= 11 is 0. The van der Waals surface area contributed by atoms with Gasteiger partial charge < -0.3 is 0 Å². The number of carbonyl (C=O) groups is 1. The Hall–Kier alpha value is -0.590. The lowest BCUT2D eigenvalue weighted by Crippen LogP contribution is -2.09. The van der Waals surface area contributed by atoms with Crippen molar-refractivity contribution in [3.8, 4) is 0 Å². The molecule has 1 nitrogen and oxygen atoms in total. The zero-order valence-corrected chi connectivity index (χ0v) is 11.3. The zero-order chi connectivity index (χ0) is 12.2. The number of rotatable bonds is 10. The minimum Gasteiger partial charge on any atom is -0.295 e. The van der Waals surface area contributed by atoms with Gasteiger partial charge in [-0.05, 0) is 31.8 Å². The van der Waals surface area contributed by atoms with Crippen LogP contribution >= 0.6 is 0 Å². The first kappa shape index (κ1) is 15.4. The molecule has 0 aliphatic heterocycles. The highest BCUT2D eigenvalue weighted by atomic mass is 16.1. The standard InChI is InChI=1S/C15H28O/c1-4-7-8-9-10-11-12-13-15(16)14(5-2)6-3/h12-14H,4-11H2,1-3H3/b13-12+. The summed E-state index contributed by atoms with van der Waals surface area (Å²) in [6.07, 6.45) is 13.4. The molecule has 0 saturated heterocycles. The maximum absolute atomic E-state index is 11.7. The fourth-order valence-corrected chi connectivity index (χ4v) is 1.89. The van der Waals surface area contributed by atoms with Gasteiger partial charge in [0.25, 0.3) is 0 Å². The van der Waals surface area contributed by atoms with E-state index < -0.39 is 0 Å². The summed E-state index contributed by atoms with van der Waals surface area (Å²) in [6, 6.07) is 0. The van der Waals surface area contributed by atoms with Crippen LogP contribution in [0.2, 0.25) is 0 Å². The van der Waals surface area contributed by atoms with Gasteiger partial charge in [-0.2, -0.15) is 0 Å². The molecule has 0 N–H and O–H groups in total. The summed E-state index contributed by atoms with van der Waals surface area (Å²) in [5.74, 6) is 0.565. The third-order valence-corrected chi connectivity index (χ3v) is 3.14. The van der Waals surface area contributed by atoms with Crippen LogP contribution in [0.4, 0.5) is 0 Å². The molecule has 0 fully saturated rings. The molecular formula is C15H28O. The molecule has 1 heteroatoms. The van der Waals surface area contributed by atoms with E-state index >= 15 is 0 Å². The van der Waals surface area contributed by atoms with Crippen LogP contribution in [0.15, 0.2) is 12.2 Å². The highest BCUT2D eigenvalue weighted by Gasteiger charge is 2.09. The Bertz CT molecular complexity index is 190. The lowest BCUT2D eigenvalue weighted by Gasteiger charge is -2.06. The lowest BCUT2D eigenvalue weighted by atomic mass is 9.97. The first-order chi connectivity index (χ1) is 7.76. The Morgan fingerprint density at radius 3 is 2.19 bits per heavy atom. The highest BCUT2D eigenvalue weighted by Crippen LogP contribution is 2.10. The highest BCUT2D eigenvalue weighted by molar-refractivity contribution is 5.91. The number of ketones is 1. The van der Waals surface area contributed by atoms with E-state index in [0.717, 1.165) is 19.3 Å². The summed E-state index contributed by atoms with van der Waals surface area (Å²) < 4.78 is 0. The van der Waals surface area contributed by atoms with E-state index in [1.165, 1.54) is 32.1 Å². The van der Waals surface area contributed by atoms with Crippen molar-refractivity contribution in [3.05, 3.63) is 12.2 Å². The molecule has 0 amide bonds. The molecule has 0 bridgehead atoms. The van der Waals surface area contributed by atoms with Crippen molar-refractivity contribution in [1.29, 1.82) is 0 Å². The molecule has 0 aliphatic carbocycles. The van der Waals surface area contributed by atoms with Gasteiger partial charge in [0, 0.05) is 5.92 Å². The van der Waals surface area contributed by atoms with E-state index in [0.29, 0.717) is 5.78 Å². The topological polar surface area (TPSA) is 17.1 Å². The monoisotopic (exact) mass is 224 g/mol. The van der Waals surface area contributed by atoms with Gasteiger partial charge >= 0.3 is 0 Å². The first-order valence-electron chi connectivity index (χ1n) is 6.96. The fourth-order valence-electron chi connectivity index (χ4n) is 1.89. The molecule has 0 aromatic rings. The van der Waals surface area contributed by atoms with Crippen LogP contribution in [0.1, 0.15) is 72.1 Å². The third-order valence-electron chi connectivity index (χ3n) is 3.14. The predicted molar refractivity (Wildman–Crippen MR) is 71.6 cm³/mol. The van der Waals surface area contributed by atoms with Gasteiger partial charge in [-0.1, -0.05) is 52.5 Å². The number of allylic oxidation sites excluding steroid dienone is 2. The average molecular weight is 224 g/mol. The van der Waals surface area contributed by atoms with Crippen LogP contribution in [-0.2, 0) is 4.79 Å². The van der Waals surface area contributed by atoms with Gasteiger partial charge in [0.05, 0.1) is 0 Å². The summed E-state index contributed by atoms with van der Waals surface area (Å²) in [4.78, 5) is 11.7. The van der Waals surface area contributed by atoms with E-state index in [9.17, 15) is 4.79 Å². The zero-order valence-electron chi connectivity index (χ0n) is 11.3. The van der Waals surface area contributed by atoms with E-state index in [-0.39, 0.29) is 5.92 Å². The molecule has 0 aliphatic rings. The van der Waals surface area contributed by atoms with E-state index in [1.54, 1.807) is 6.08 Å². The molecule has 16 heavy (non-hydrogen) atoms. The summed E-state index contributed by atoms with van der Waals surface area (Å²) in [6.45, 7) is 6.41. The molecule has 0 aromatic carbocycles. The van der Waals surface area contributed by atoms with Gasteiger partial charge in [-0.25, -0.2) is 0 Å². The van der Waals surface area contributed by atoms with Crippen molar-refractivity contribution in [3.63, 3.8) is 0 Å². The van der Waals surface area contributed by atoms with Crippen LogP contribution in [0.25, 0.3) is 0 Å². The van der Waals surface area contributed by atoms with E-state index in [1.807, 2.05) is 0 Å². The molecule has 0 aromatic heterocycles. The van der Waals surface area contributed by atoms with Crippen molar-refractivity contribution >= 4 is 5.78 Å². The number of carbonyl (C=O) groups excluding carboxylic acids is 1. The van der Waals surface area contributed by atoms with Crippen LogP contribution < -0.4 is 0 Å². The summed E-state index contributed by atoms with van der Waals surface area (Å²) in [5.41, 5.74) is 0. The van der Waals surface area contributed by atoms with Crippen LogP contribution in [-0.4, -0.2) is 5.78 Å². The maximum Gasteiger partial charge on any atom is 0.158 e. The molecule has 0 radical (unpaired) electrons. The quantitative estimate of drug-likeness (QED) is 0.381. The molecule has 0 spiro atoms. The largest absolute Gasteiger partial charge is 0.295 e. The Labute approximate surface area is 101 Å². The van der Waals surface area contributed by atoms with Gasteiger partial charge in [0.1, 0.15) is 0 Å². The van der Waals surface area contributed by atoms with Crippen molar-refractivity contribution in [2.45, 2.75) is 72.1 Å². The predicted octanol–water partition coefficient (Wildman–Crippen LogP) is 4.91. The second-order valence-corrected chi connectivity index (χ2v) is 4.52. The Balaban J connectivity index is 3.55. The third kappa shape index (κ3) is 7.67. The van der Waals surface area contributed by atoms with Crippen molar-refractivity contribution < 1.29 is 4.79 Å².